The molecule has 1 heterocycles. The van der Waals surface area contributed by atoms with Gasteiger partial charge in [-0.15, -0.1) is 0 Å². The van der Waals surface area contributed by atoms with Crippen LogP contribution >= 0.6 is 11.6 Å². The fourth-order valence-electron chi connectivity index (χ4n) is 3.88. The molecule has 3 rings (SSSR count). The summed E-state index contributed by atoms with van der Waals surface area (Å²) in [5.74, 6) is 2.00. The Morgan fingerprint density at radius 1 is 1.23 bits per heavy atom. The molecule has 0 spiro atoms. The zero-order valence-electron chi connectivity index (χ0n) is 17.9. The van der Waals surface area contributed by atoms with Gasteiger partial charge in [0.15, 0.2) is 5.96 Å². The Balaban J connectivity index is 1.53. The number of aliphatic imine (C=N–C) groups is 1. The van der Waals surface area contributed by atoms with Crippen molar-refractivity contribution in [3.05, 3.63) is 35.2 Å². The molecule has 0 unspecified atom stereocenters. The van der Waals surface area contributed by atoms with Gasteiger partial charge in [0.25, 0.3) is 0 Å². The second-order valence-electron chi connectivity index (χ2n) is 7.84. The number of halogens is 1. The van der Waals surface area contributed by atoms with Gasteiger partial charge in [-0.3, -0.25) is 4.99 Å². The predicted octanol–water partition coefficient (Wildman–Crippen LogP) is 4.08. The third-order valence-electron chi connectivity index (χ3n) is 5.62. The first-order valence-electron chi connectivity index (χ1n) is 10.7. The monoisotopic (exact) mass is 433 g/mol. The van der Waals surface area contributed by atoms with Crippen LogP contribution in [-0.2, 0) is 11.2 Å². The van der Waals surface area contributed by atoms with Gasteiger partial charge < -0.3 is 19.9 Å². The van der Waals surface area contributed by atoms with E-state index < -0.39 is 0 Å². The lowest BCUT2D eigenvalue weighted by atomic mass is 9.83. The van der Waals surface area contributed by atoms with E-state index in [1.807, 2.05) is 24.3 Å². The summed E-state index contributed by atoms with van der Waals surface area (Å²) in [5, 5.41) is 11.5. The lowest BCUT2D eigenvalue weighted by molar-refractivity contribution is 0.141. The first kappa shape index (κ1) is 22.6. The van der Waals surface area contributed by atoms with E-state index in [1.165, 1.54) is 25.7 Å². The maximum absolute atomic E-state index is 5.93. The average molecular weight is 434 g/mol. The van der Waals surface area contributed by atoms with Crippen LogP contribution in [0.4, 0.5) is 0 Å². The highest BCUT2D eigenvalue weighted by Gasteiger charge is 2.33. The van der Waals surface area contributed by atoms with Crippen molar-refractivity contribution in [3.63, 3.8) is 0 Å². The topological polar surface area (TPSA) is 84.6 Å². The van der Waals surface area contributed by atoms with Crippen molar-refractivity contribution >= 4 is 17.6 Å². The average Bonchev–Trinajstić information content (AvgIpc) is 3.41. The third-order valence-corrected chi connectivity index (χ3v) is 5.87. The van der Waals surface area contributed by atoms with Gasteiger partial charge >= 0.3 is 0 Å². The summed E-state index contributed by atoms with van der Waals surface area (Å²) in [7, 11) is 1.77. The van der Waals surface area contributed by atoms with Gasteiger partial charge in [-0.1, -0.05) is 29.6 Å². The van der Waals surface area contributed by atoms with Gasteiger partial charge in [0.1, 0.15) is 0 Å². The first-order chi connectivity index (χ1) is 14.6. The fourth-order valence-corrected chi connectivity index (χ4v) is 4.01. The van der Waals surface area contributed by atoms with Crippen molar-refractivity contribution < 1.29 is 9.26 Å². The Morgan fingerprint density at radius 2 is 2.00 bits per heavy atom. The number of methoxy groups -OCH3 is 1. The first-order valence-corrected chi connectivity index (χ1v) is 11.1. The van der Waals surface area contributed by atoms with Crippen molar-refractivity contribution in [1.82, 2.24) is 20.8 Å². The Hall–Kier alpha value is -2.12. The van der Waals surface area contributed by atoms with Crippen LogP contribution in [0, 0.1) is 5.41 Å². The molecule has 1 saturated carbocycles. The molecule has 1 aliphatic rings. The molecule has 0 atom stereocenters. The van der Waals surface area contributed by atoms with Crippen molar-refractivity contribution in [2.24, 2.45) is 10.4 Å². The number of ether oxygens (including phenoxy) is 1. The van der Waals surface area contributed by atoms with Crippen molar-refractivity contribution in [2.75, 3.05) is 33.4 Å². The van der Waals surface area contributed by atoms with E-state index in [4.69, 9.17) is 25.9 Å². The fraction of sp³-hybridized carbons (Fsp3) is 0.591. The molecular formula is C22H32ClN5O2. The number of aromatic nitrogens is 2. The Bertz CT molecular complexity index is 800. The van der Waals surface area contributed by atoms with E-state index in [0.717, 1.165) is 37.6 Å². The van der Waals surface area contributed by atoms with Crippen LogP contribution in [0.3, 0.4) is 0 Å². The van der Waals surface area contributed by atoms with E-state index in [-0.39, 0.29) is 5.41 Å². The van der Waals surface area contributed by atoms with Gasteiger partial charge in [-0.05, 0) is 55.9 Å². The molecule has 164 valence electrons. The zero-order chi connectivity index (χ0) is 21.2. The number of nitrogens with zero attached hydrogens (tertiary/aromatic N) is 3. The SMILES string of the molecule is CCNC(=NCC1(CCOC)CCCC1)NCCc1nc(-c2ccc(Cl)cc2)no1. The molecule has 1 fully saturated rings. The van der Waals surface area contributed by atoms with Crippen LogP contribution in [0.15, 0.2) is 33.8 Å². The molecule has 2 aromatic rings. The molecule has 8 heteroatoms. The smallest absolute Gasteiger partial charge is 0.228 e. The molecule has 0 radical (unpaired) electrons. The van der Waals surface area contributed by atoms with Crippen molar-refractivity contribution in [2.45, 2.75) is 45.4 Å². The summed E-state index contributed by atoms with van der Waals surface area (Å²) in [6.07, 6.45) is 6.73. The summed E-state index contributed by atoms with van der Waals surface area (Å²) in [5.41, 5.74) is 1.16. The second-order valence-corrected chi connectivity index (χ2v) is 8.28. The minimum absolute atomic E-state index is 0.276. The Morgan fingerprint density at radius 3 is 2.70 bits per heavy atom. The van der Waals surface area contributed by atoms with Crippen LogP contribution in [-0.4, -0.2) is 49.5 Å². The number of rotatable bonds is 10. The summed E-state index contributed by atoms with van der Waals surface area (Å²) in [4.78, 5) is 9.34. The third kappa shape index (κ3) is 6.44. The van der Waals surface area contributed by atoms with Crippen LogP contribution in [0.1, 0.15) is 44.9 Å². The van der Waals surface area contributed by atoms with E-state index >= 15 is 0 Å². The highest BCUT2D eigenvalue weighted by molar-refractivity contribution is 6.30. The maximum Gasteiger partial charge on any atom is 0.228 e. The Kier molecular flexibility index (Phi) is 8.51. The van der Waals surface area contributed by atoms with Gasteiger partial charge in [0.05, 0.1) is 0 Å². The molecule has 0 aliphatic heterocycles. The molecule has 1 aliphatic carbocycles. The number of benzene rings is 1. The molecule has 0 bridgehead atoms. The normalized spacial score (nSPS) is 16.0. The molecule has 1 aromatic heterocycles. The summed E-state index contributed by atoms with van der Waals surface area (Å²) in [6, 6.07) is 7.40. The van der Waals surface area contributed by atoms with E-state index in [1.54, 1.807) is 7.11 Å². The number of hydrogen-bond donors (Lipinski definition) is 2. The lowest BCUT2D eigenvalue weighted by Crippen LogP contribution is -2.39. The highest BCUT2D eigenvalue weighted by Crippen LogP contribution is 2.41. The van der Waals surface area contributed by atoms with Crippen molar-refractivity contribution in [3.8, 4) is 11.4 Å². The van der Waals surface area contributed by atoms with Crippen molar-refractivity contribution in [1.29, 1.82) is 0 Å². The molecule has 2 N–H and O–H groups in total. The standard InChI is InChI=1S/C22H32ClN5O2/c1-3-24-21(26-16-22(13-15-29-2)11-4-5-12-22)25-14-10-19-27-20(28-30-19)17-6-8-18(23)9-7-17/h6-9H,3-5,10-16H2,1-2H3,(H2,24,25,26). The van der Waals surface area contributed by atoms with Crippen LogP contribution in [0.2, 0.25) is 5.02 Å². The molecular weight excluding hydrogens is 402 g/mol. The van der Waals surface area contributed by atoms with E-state index in [9.17, 15) is 0 Å². The lowest BCUT2D eigenvalue weighted by Gasteiger charge is -2.27. The van der Waals surface area contributed by atoms with Crippen LogP contribution in [0.25, 0.3) is 11.4 Å². The summed E-state index contributed by atoms with van der Waals surface area (Å²) in [6.45, 7) is 5.18. The van der Waals surface area contributed by atoms with Gasteiger partial charge in [0, 0.05) is 50.4 Å². The van der Waals surface area contributed by atoms with E-state index in [0.29, 0.717) is 29.7 Å². The number of guanidine groups is 1. The van der Waals surface area contributed by atoms with E-state index in [2.05, 4.69) is 27.7 Å². The van der Waals surface area contributed by atoms with Crippen LogP contribution in [0.5, 0.6) is 0 Å². The predicted molar refractivity (Wildman–Crippen MR) is 120 cm³/mol. The molecule has 7 nitrogen and oxygen atoms in total. The number of hydrogen-bond acceptors (Lipinski definition) is 5. The highest BCUT2D eigenvalue weighted by atomic mass is 35.5. The minimum atomic E-state index is 0.276. The Labute approximate surface area is 183 Å². The zero-order valence-corrected chi connectivity index (χ0v) is 18.7. The molecule has 1 aromatic carbocycles. The molecule has 0 saturated heterocycles. The van der Waals surface area contributed by atoms with Gasteiger partial charge in [0.2, 0.25) is 11.7 Å². The number of nitrogens with one attached hydrogen (secondary N) is 2. The summed E-state index contributed by atoms with van der Waals surface area (Å²) < 4.78 is 10.7. The largest absolute Gasteiger partial charge is 0.385 e. The molecule has 30 heavy (non-hydrogen) atoms. The quantitative estimate of drug-likeness (QED) is 0.433. The maximum atomic E-state index is 5.93. The van der Waals surface area contributed by atoms with Crippen LogP contribution < -0.4 is 10.6 Å². The minimum Gasteiger partial charge on any atom is -0.385 e. The molecule has 0 amide bonds. The van der Waals surface area contributed by atoms with Gasteiger partial charge in [-0.2, -0.15) is 4.98 Å². The second kappa shape index (κ2) is 11.3. The van der Waals surface area contributed by atoms with Gasteiger partial charge in [-0.25, -0.2) is 0 Å². The summed E-state index contributed by atoms with van der Waals surface area (Å²) >= 11 is 5.93.